The van der Waals surface area contributed by atoms with Crippen molar-refractivity contribution in [2.75, 3.05) is 5.32 Å². The van der Waals surface area contributed by atoms with E-state index in [0.29, 0.717) is 22.8 Å². The largest absolute Gasteiger partial charge is 0.387 e. The van der Waals surface area contributed by atoms with E-state index in [1.165, 1.54) is 10.7 Å². The molecule has 6 bridgehead atoms. The topological polar surface area (TPSA) is 105 Å². The summed E-state index contributed by atoms with van der Waals surface area (Å²) < 4.78 is 3.28. The van der Waals surface area contributed by atoms with Gasteiger partial charge in [0.1, 0.15) is 0 Å². The zero-order chi connectivity index (χ0) is 23.9. The van der Waals surface area contributed by atoms with Crippen LogP contribution >= 0.6 is 0 Å². The second-order valence-electron chi connectivity index (χ2n) is 8.68. The number of hydrogen-bond acceptors (Lipinski definition) is 6. The first kappa shape index (κ1) is 21.3. The lowest BCUT2D eigenvalue weighted by molar-refractivity contribution is 0.157. The van der Waals surface area contributed by atoms with Crippen molar-refractivity contribution in [1.82, 2.24) is 19.3 Å². The number of benzene rings is 3. The molecule has 0 saturated heterocycles. The maximum atomic E-state index is 12.5. The Hall–Kier alpha value is -4.27. The fourth-order valence-electron chi connectivity index (χ4n) is 4.51. The quantitative estimate of drug-likeness (QED) is 0.324. The highest BCUT2D eigenvalue weighted by Gasteiger charge is 2.19. The molecule has 6 rings (SSSR count). The Morgan fingerprint density at radius 1 is 0.886 bits per heavy atom. The van der Waals surface area contributed by atoms with Gasteiger partial charge in [-0.1, -0.05) is 48.5 Å². The average molecular weight is 466 g/mol. The van der Waals surface area contributed by atoms with Crippen molar-refractivity contribution < 1.29 is 10.2 Å². The number of fused-ring (bicyclic) bond motifs is 10. The van der Waals surface area contributed by atoms with Crippen LogP contribution in [-0.2, 0) is 13.1 Å². The molecule has 0 saturated carbocycles. The van der Waals surface area contributed by atoms with Gasteiger partial charge in [0.05, 0.1) is 35.9 Å². The van der Waals surface area contributed by atoms with E-state index in [2.05, 4.69) is 15.4 Å². The van der Waals surface area contributed by atoms with Crippen molar-refractivity contribution in [2.45, 2.75) is 25.4 Å². The van der Waals surface area contributed by atoms with Crippen LogP contribution in [0.5, 0.6) is 0 Å². The van der Waals surface area contributed by atoms with Gasteiger partial charge in [-0.05, 0) is 41.5 Å². The van der Waals surface area contributed by atoms with Crippen LogP contribution < -0.4 is 10.9 Å². The zero-order valence-electron chi connectivity index (χ0n) is 18.7. The van der Waals surface area contributed by atoms with Crippen LogP contribution in [0.1, 0.15) is 29.0 Å². The third-order valence-corrected chi connectivity index (χ3v) is 6.31. The molecule has 2 atom stereocenters. The van der Waals surface area contributed by atoms with Gasteiger partial charge in [0.15, 0.2) is 6.23 Å². The number of aliphatic hydroxyl groups is 2. The van der Waals surface area contributed by atoms with E-state index in [4.69, 9.17) is 0 Å². The molecule has 3 heterocycles. The monoisotopic (exact) mass is 465 g/mol. The molecule has 35 heavy (non-hydrogen) atoms. The number of nitrogens with one attached hydrogen (secondary N) is 1. The van der Waals surface area contributed by atoms with Gasteiger partial charge in [-0.3, -0.25) is 4.79 Å². The second kappa shape index (κ2) is 8.50. The number of rotatable bonds is 0. The third kappa shape index (κ3) is 3.99. The molecule has 0 radical (unpaired) electrons. The molecule has 5 aromatic rings. The summed E-state index contributed by atoms with van der Waals surface area (Å²) in [5, 5.41) is 29.9. The molecule has 2 aromatic heterocycles. The Morgan fingerprint density at radius 3 is 2.63 bits per heavy atom. The van der Waals surface area contributed by atoms with Gasteiger partial charge >= 0.3 is 0 Å². The number of para-hydroxylation sites is 2. The maximum Gasteiger partial charge on any atom is 0.267 e. The van der Waals surface area contributed by atoms with Crippen molar-refractivity contribution in [3.05, 3.63) is 112 Å². The average Bonchev–Trinajstić information content (AvgIpc) is 3.21. The molecule has 3 N–H and O–H groups in total. The molecule has 8 heteroatoms. The summed E-state index contributed by atoms with van der Waals surface area (Å²) in [6.45, 7) is 0.486. The summed E-state index contributed by atoms with van der Waals surface area (Å²) >= 11 is 0. The minimum atomic E-state index is -1.05. The number of hydrogen-bond donors (Lipinski definition) is 3. The van der Waals surface area contributed by atoms with Crippen LogP contribution in [0.25, 0.3) is 22.3 Å². The lowest BCUT2D eigenvalue weighted by Gasteiger charge is -2.19. The Morgan fingerprint density at radius 2 is 1.71 bits per heavy atom. The molecule has 0 aliphatic carbocycles. The molecule has 0 fully saturated rings. The van der Waals surface area contributed by atoms with Gasteiger partial charge in [0.25, 0.3) is 5.56 Å². The first-order chi connectivity index (χ1) is 17.0. The summed E-state index contributed by atoms with van der Waals surface area (Å²) in [4.78, 5) is 17.2. The molecule has 1 aliphatic rings. The fraction of sp³-hybridized carbons (Fsp3) is 0.148. The molecule has 0 amide bonds. The molecule has 0 spiro atoms. The van der Waals surface area contributed by atoms with E-state index < -0.39 is 12.3 Å². The van der Waals surface area contributed by atoms with E-state index >= 15 is 0 Å². The Labute approximate surface area is 200 Å². The lowest BCUT2D eigenvalue weighted by Crippen LogP contribution is -2.23. The highest BCUT2D eigenvalue weighted by atomic mass is 16.3. The molecular formula is C27H23N5O3. The second-order valence-corrected chi connectivity index (χ2v) is 8.68. The summed E-state index contributed by atoms with van der Waals surface area (Å²) in [6, 6.07) is 25.8. The third-order valence-electron chi connectivity index (χ3n) is 6.31. The Bertz CT molecular complexity index is 1610. The zero-order valence-corrected chi connectivity index (χ0v) is 18.7. The van der Waals surface area contributed by atoms with Crippen LogP contribution in [-0.4, -0.2) is 29.5 Å². The minimum absolute atomic E-state index is 0.219. The molecule has 2 unspecified atom stereocenters. The number of aliphatic hydroxyl groups excluding tert-OH is 2. The van der Waals surface area contributed by atoms with Crippen LogP contribution in [0.3, 0.4) is 0 Å². The van der Waals surface area contributed by atoms with E-state index in [9.17, 15) is 15.0 Å². The molecular weight excluding hydrogens is 442 g/mol. The summed E-state index contributed by atoms with van der Waals surface area (Å²) in [5.41, 5.74) is 5.00. The molecule has 174 valence electrons. The van der Waals surface area contributed by atoms with Crippen LogP contribution in [0.4, 0.5) is 5.95 Å². The molecule has 8 nitrogen and oxygen atoms in total. The smallest absolute Gasteiger partial charge is 0.267 e. The van der Waals surface area contributed by atoms with E-state index in [-0.39, 0.29) is 18.6 Å². The van der Waals surface area contributed by atoms with Crippen molar-refractivity contribution in [1.29, 1.82) is 0 Å². The number of imidazole rings is 1. The Kier molecular flexibility index (Phi) is 5.17. The fourth-order valence-corrected chi connectivity index (χ4v) is 4.51. The minimum Gasteiger partial charge on any atom is -0.387 e. The van der Waals surface area contributed by atoms with E-state index in [1.54, 1.807) is 6.07 Å². The molecule has 1 aliphatic heterocycles. The van der Waals surface area contributed by atoms with E-state index in [0.717, 1.165) is 22.2 Å². The standard InChI is InChI=1S/C27H23N5O3/c33-24-16-31-23-10-2-1-9-22(23)28-27(31)29-26(35)20-8-3-5-17(13-20)15-32-25(34)12-11-21(30-32)18-6-4-7-19(24)14-18/h1-14,24,26,33,35H,15-16H2,(H,28,29). The van der Waals surface area contributed by atoms with E-state index in [1.807, 2.05) is 77.4 Å². The van der Waals surface area contributed by atoms with Gasteiger partial charge in [0.2, 0.25) is 5.95 Å². The lowest BCUT2D eigenvalue weighted by atomic mass is 10.0. The predicted octanol–water partition coefficient (Wildman–Crippen LogP) is 3.46. The number of aromatic nitrogens is 4. The van der Waals surface area contributed by atoms with Crippen molar-refractivity contribution in [3.8, 4) is 11.3 Å². The highest BCUT2D eigenvalue weighted by molar-refractivity contribution is 5.78. The van der Waals surface area contributed by atoms with Crippen LogP contribution in [0.2, 0.25) is 0 Å². The van der Waals surface area contributed by atoms with Crippen molar-refractivity contribution in [2.24, 2.45) is 0 Å². The highest BCUT2D eigenvalue weighted by Crippen LogP contribution is 2.28. The van der Waals surface area contributed by atoms with Gasteiger partial charge in [-0.25, -0.2) is 9.67 Å². The van der Waals surface area contributed by atoms with Gasteiger partial charge in [0, 0.05) is 17.2 Å². The van der Waals surface area contributed by atoms with Gasteiger partial charge in [-0.15, -0.1) is 0 Å². The summed E-state index contributed by atoms with van der Waals surface area (Å²) in [5.74, 6) is 0.453. The first-order valence-electron chi connectivity index (χ1n) is 11.4. The maximum absolute atomic E-state index is 12.5. The normalized spacial score (nSPS) is 17.5. The predicted molar refractivity (Wildman–Crippen MR) is 133 cm³/mol. The SMILES string of the molecule is O=c1ccc2nn1Cc1cccc(c1)C(O)Nc1nc3ccccc3n1CC(O)c1cccc-2c1. The summed E-state index contributed by atoms with van der Waals surface area (Å²) in [7, 11) is 0. The van der Waals surface area contributed by atoms with Crippen molar-refractivity contribution in [3.63, 3.8) is 0 Å². The van der Waals surface area contributed by atoms with Gasteiger partial charge in [-0.2, -0.15) is 5.10 Å². The van der Waals surface area contributed by atoms with Crippen molar-refractivity contribution >= 4 is 17.0 Å². The number of anilines is 1. The van der Waals surface area contributed by atoms with Crippen LogP contribution in [0.15, 0.2) is 89.7 Å². The molecule has 3 aromatic carbocycles. The first-order valence-corrected chi connectivity index (χ1v) is 11.4. The van der Waals surface area contributed by atoms with Crippen LogP contribution in [0, 0.1) is 0 Å². The van der Waals surface area contributed by atoms with Gasteiger partial charge < -0.3 is 20.1 Å². The number of nitrogens with zero attached hydrogens (tertiary/aromatic N) is 4. The Balaban J connectivity index is 1.54. The summed E-state index contributed by atoms with van der Waals surface area (Å²) in [6.07, 6.45) is -1.89.